The van der Waals surface area contributed by atoms with Crippen LogP contribution in [0.3, 0.4) is 0 Å². The van der Waals surface area contributed by atoms with Crippen LogP contribution in [0.1, 0.15) is 39.7 Å². The second kappa shape index (κ2) is 10.7. The minimum Gasteiger partial charge on any atom is -0.484 e. The molecule has 0 radical (unpaired) electrons. The number of rotatable bonds is 8. The standard InChI is InChI=1S/C23H28FIN2O3/c1-5-20(22(29)26-23(2,3)4)27(14-16-6-8-17(24)9-7-16)21(28)15-30-19-12-10-18(25)11-13-19/h6-13,20H,5,14-15H2,1-4H3,(H,26,29)/t20-/m1/s1. The predicted molar refractivity (Wildman–Crippen MR) is 124 cm³/mol. The maximum atomic E-state index is 13.3. The zero-order chi connectivity index (χ0) is 22.3. The predicted octanol–water partition coefficient (Wildman–Crippen LogP) is 4.53. The second-order valence-electron chi connectivity index (χ2n) is 8.05. The van der Waals surface area contributed by atoms with E-state index in [0.717, 1.165) is 9.13 Å². The summed E-state index contributed by atoms with van der Waals surface area (Å²) in [5.74, 6) is -0.308. The fourth-order valence-electron chi connectivity index (χ4n) is 2.92. The van der Waals surface area contributed by atoms with Crippen molar-refractivity contribution < 1.29 is 18.7 Å². The van der Waals surface area contributed by atoms with Crippen LogP contribution >= 0.6 is 22.6 Å². The molecule has 0 saturated heterocycles. The van der Waals surface area contributed by atoms with Crippen LogP contribution in [-0.4, -0.2) is 34.9 Å². The van der Waals surface area contributed by atoms with Gasteiger partial charge in [0.25, 0.3) is 5.91 Å². The van der Waals surface area contributed by atoms with Crippen LogP contribution in [0.4, 0.5) is 4.39 Å². The second-order valence-corrected chi connectivity index (χ2v) is 9.30. The smallest absolute Gasteiger partial charge is 0.261 e. The molecule has 1 N–H and O–H groups in total. The summed E-state index contributed by atoms with van der Waals surface area (Å²) in [5, 5.41) is 2.95. The van der Waals surface area contributed by atoms with Gasteiger partial charge < -0.3 is 15.0 Å². The number of carbonyl (C=O) groups excluding carboxylic acids is 2. The van der Waals surface area contributed by atoms with Crippen LogP contribution in [0, 0.1) is 9.39 Å². The number of halogens is 2. The minimum atomic E-state index is -0.665. The summed E-state index contributed by atoms with van der Waals surface area (Å²) >= 11 is 2.19. The average molecular weight is 526 g/mol. The molecule has 0 aliphatic rings. The Kier molecular flexibility index (Phi) is 8.64. The van der Waals surface area contributed by atoms with E-state index in [-0.39, 0.29) is 30.8 Å². The van der Waals surface area contributed by atoms with E-state index in [2.05, 4.69) is 27.9 Å². The van der Waals surface area contributed by atoms with Gasteiger partial charge in [-0.05, 0) is 91.7 Å². The number of nitrogens with zero attached hydrogens (tertiary/aromatic N) is 1. The van der Waals surface area contributed by atoms with Gasteiger partial charge in [0.05, 0.1) is 0 Å². The number of hydrogen-bond donors (Lipinski definition) is 1. The Morgan fingerprint density at radius 3 is 2.23 bits per heavy atom. The van der Waals surface area contributed by atoms with Crippen LogP contribution in [0.5, 0.6) is 5.75 Å². The number of carbonyl (C=O) groups is 2. The van der Waals surface area contributed by atoms with Crippen molar-refractivity contribution in [2.75, 3.05) is 6.61 Å². The summed E-state index contributed by atoms with van der Waals surface area (Å²) in [4.78, 5) is 27.5. The van der Waals surface area contributed by atoms with Crippen LogP contribution in [0.15, 0.2) is 48.5 Å². The fraction of sp³-hybridized carbons (Fsp3) is 0.391. The third kappa shape index (κ3) is 7.59. The number of ether oxygens (including phenoxy) is 1. The van der Waals surface area contributed by atoms with E-state index in [1.54, 1.807) is 24.3 Å². The Bertz CT molecular complexity index is 848. The summed E-state index contributed by atoms with van der Waals surface area (Å²) < 4.78 is 20.0. The number of hydrogen-bond acceptors (Lipinski definition) is 3. The molecule has 0 aromatic heterocycles. The van der Waals surface area contributed by atoms with E-state index in [4.69, 9.17) is 4.74 Å². The first-order chi connectivity index (χ1) is 14.1. The zero-order valence-electron chi connectivity index (χ0n) is 17.7. The Balaban J connectivity index is 2.21. The van der Waals surface area contributed by atoms with Crippen LogP contribution in [0.2, 0.25) is 0 Å². The third-order valence-electron chi connectivity index (χ3n) is 4.33. The molecule has 0 saturated carbocycles. The monoisotopic (exact) mass is 526 g/mol. The molecule has 0 bridgehead atoms. The first-order valence-corrected chi connectivity index (χ1v) is 10.9. The molecular formula is C23H28FIN2O3. The lowest BCUT2D eigenvalue weighted by Gasteiger charge is -2.33. The number of amides is 2. The highest BCUT2D eigenvalue weighted by molar-refractivity contribution is 14.1. The molecule has 30 heavy (non-hydrogen) atoms. The van der Waals surface area contributed by atoms with Crippen molar-refractivity contribution >= 4 is 34.4 Å². The fourth-order valence-corrected chi connectivity index (χ4v) is 3.28. The summed E-state index contributed by atoms with van der Waals surface area (Å²) in [5.41, 5.74) is 0.313. The quantitative estimate of drug-likeness (QED) is 0.515. The molecule has 2 aromatic carbocycles. The number of benzene rings is 2. The van der Waals surface area contributed by atoms with Gasteiger partial charge in [0, 0.05) is 15.7 Å². The van der Waals surface area contributed by atoms with Crippen molar-refractivity contribution in [3.8, 4) is 5.75 Å². The molecule has 5 nitrogen and oxygen atoms in total. The molecular weight excluding hydrogens is 498 g/mol. The Morgan fingerprint density at radius 2 is 1.70 bits per heavy atom. The van der Waals surface area contributed by atoms with Gasteiger partial charge in [-0.1, -0.05) is 19.1 Å². The summed E-state index contributed by atoms with van der Waals surface area (Å²) in [7, 11) is 0. The highest BCUT2D eigenvalue weighted by Gasteiger charge is 2.30. The van der Waals surface area contributed by atoms with Crippen molar-refractivity contribution in [3.05, 3.63) is 63.5 Å². The van der Waals surface area contributed by atoms with E-state index in [1.165, 1.54) is 17.0 Å². The van der Waals surface area contributed by atoms with Gasteiger partial charge >= 0.3 is 0 Å². The Hall–Kier alpha value is -2.16. The van der Waals surface area contributed by atoms with E-state index < -0.39 is 11.6 Å². The van der Waals surface area contributed by atoms with Crippen molar-refractivity contribution in [2.45, 2.75) is 52.2 Å². The van der Waals surface area contributed by atoms with Crippen molar-refractivity contribution in [1.29, 1.82) is 0 Å². The molecule has 1 atom stereocenters. The van der Waals surface area contributed by atoms with Crippen molar-refractivity contribution in [1.82, 2.24) is 10.2 Å². The first-order valence-electron chi connectivity index (χ1n) is 9.83. The largest absolute Gasteiger partial charge is 0.484 e. The summed E-state index contributed by atoms with van der Waals surface area (Å²) in [6, 6.07) is 12.6. The molecule has 0 aliphatic heterocycles. The molecule has 2 rings (SSSR count). The maximum absolute atomic E-state index is 13.3. The molecule has 0 aliphatic carbocycles. The van der Waals surface area contributed by atoms with Gasteiger partial charge in [0.15, 0.2) is 6.61 Å². The lowest BCUT2D eigenvalue weighted by Crippen LogP contribution is -2.54. The lowest BCUT2D eigenvalue weighted by molar-refractivity contribution is -0.143. The van der Waals surface area contributed by atoms with Crippen molar-refractivity contribution in [2.24, 2.45) is 0 Å². The van der Waals surface area contributed by atoms with E-state index in [1.807, 2.05) is 39.8 Å². The zero-order valence-corrected chi connectivity index (χ0v) is 19.9. The third-order valence-corrected chi connectivity index (χ3v) is 5.05. The van der Waals surface area contributed by atoms with E-state index in [9.17, 15) is 14.0 Å². The molecule has 2 amide bonds. The highest BCUT2D eigenvalue weighted by Crippen LogP contribution is 2.17. The highest BCUT2D eigenvalue weighted by atomic mass is 127. The normalized spacial score (nSPS) is 12.2. The summed E-state index contributed by atoms with van der Waals surface area (Å²) in [6.07, 6.45) is 0.443. The Morgan fingerprint density at radius 1 is 1.10 bits per heavy atom. The van der Waals surface area contributed by atoms with Crippen LogP contribution in [-0.2, 0) is 16.1 Å². The van der Waals surface area contributed by atoms with Gasteiger partial charge in [-0.25, -0.2) is 4.39 Å². The average Bonchev–Trinajstić information content (AvgIpc) is 2.67. The van der Waals surface area contributed by atoms with Gasteiger partial charge in [-0.2, -0.15) is 0 Å². The molecule has 0 fully saturated rings. The number of nitrogens with one attached hydrogen (secondary N) is 1. The first kappa shape index (κ1) is 24.1. The van der Waals surface area contributed by atoms with Gasteiger partial charge in [-0.15, -0.1) is 0 Å². The Labute approximate surface area is 191 Å². The van der Waals surface area contributed by atoms with Gasteiger partial charge in [0.1, 0.15) is 17.6 Å². The molecule has 7 heteroatoms. The SMILES string of the molecule is CC[C@H](C(=O)NC(C)(C)C)N(Cc1ccc(F)cc1)C(=O)COc1ccc(I)cc1. The van der Waals surface area contributed by atoms with Crippen LogP contribution in [0.25, 0.3) is 0 Å². The van der Waals surface area contributed by atoms with E-state index >= 15 is 0 Å². The van der Waals surface area contributed by atoms with Crippen molar-refractivity contribution in [3.63, 3.8) is 0 Å². The van der Waals surface area contributed by atoms with Gasteiger partial charge in [0.2, 0.25) is 5.91 Å². The minimum absolute atomic E-state index is 0.186. The van der Waals surface area contributed by atoms with E-state index in [0.29, 0.717) is 12.2 Å². The molecule has 162 valence electrons. The maximum Gasteiger partial charge on any atom is 0.261 e. The van der Waals surface area contributed by atoms with Crippen LogP contribution < -0.4 is 10.1 Å². The van der Waals surface area contributed by atoms with Gasteiger partial charge in [-0.3, -0.25) is 9.59 Å². The molecule has 2 aromatic rings. The molecule has 0 spiro atoms. The summed E-state index contributed by atoms with van der Waals surface area (Å²) in [6.45, 7) is 7.53. The molecule has 0 heterocycles. The topological polar surface area (TPSA) is 58.6 Å². The lowest BCUT2D eigenvalue weighted by atomic mass is 10.1. The molecule has 0 unspecified atom stereocenters.